The fourth-order valence-corrected chi connectivity index (χ4v) is 2.45. The van der Waals surface area contributed by atoms with Crippen molar-refractivity contribution < 1.29 is 19.8 Å². The first-order chi connectivity index (χ1) is 12.6. The number of hydrogen-bond donors (Lipinski definition) is 4. The van der Waals surface area contributed by atoms with E-state index in [2.05, 4.69) is 4.90 Å². The molecule has 0 saturated carbocycles. The third-order valence-electron chi connectivity index (χ3n) is 3.79. The van der Waals surface area contributed by atoms with Crippen LogP contribution in [0.4, 0.5) is 5.69 Å². The predicted molar refractivity (Wildman–Crippen MR) is 110 cm³/mol. The van der Waals surface area contributed by atoms with Crippen LogP contribution in [-0.4, -0.2) is 59.1 Å². The van der Waals surface area contributed by atoms with Crippen molar-refractivity contribution >= 4 is 40.8 Å². The lowest BCUT2D eigenvalue weighted by Crippen LogP contribution is -2.34. The summed E-state index contributed by atoms with van der Waals surface area (Å²) in [6.45, 7) is 5.00. The van der Waals surface area contributed by atoms with Gasteiger partial charge in [0.15, 0.2) is 0 Å². The molecule has 1 rings (SSSR count). The first-order valence-corrected chi connectivity index (χ1v) is 9.63. The lowest BCUT2D eigenvalue weighted by atomic mass is 10.1. The van der Waals surface area contributed by atoms with Crippen LogP contribution in [0.1, 0.15) is 19.4 Å². The van der Waals surface area contributed by atoms with Crippen molar-refractivity contribution in [2.45, 2.75) is 32.4 Å². The van der Waals surface area contributed by atoms with Gasteiger partial charge >= 0.3 is 11.9 Å². The molecule has 2 atom stereocenters. The molecule has 0 aliphatic rings. The molecule has 27 heavy (non-hydrogen) atoms. The maximum absolute atomic E-state index is 10.7. The van der Waals surface area contributed by atoms with Crippen LogP contribution < -0.4 is 16.4 Å². The first-order valence-electron chi connectivity index (χ1n) is 8.56. The number of alkyl halides is 2. The summed E-state index contributed by atoms with van der Waals surface area (Å²) < 4.78 is 0. The summed E-state index contributed by atoms with van der Waals surface area (Å²) in [5.41, 5.74) is 12.6. The third-order valence-corrected chi connectivity index (χ3v) is 4.12. The molecule has 7 nitrogen and oxygen atoms in total. The smallest absolute Gasteiger partial charge is 0.320 e. The van der Waals surface area contributed by atoms with Gasteiger partial charge < -0.3 is 26.6 Å². The van der Waals surface area contributed by atoms with Crippen LogP contribution in [-0.2, 0) is 16.0 Å². The summed E-state index contributed by atoms with van der Waals surface area (Å²) in [4.78, 5) is 22.8. The minimum Gasteiger partial charge on any atom is -0.480 e. The summed E-state index contributed by atoms with van der Waals surface area (Å²) in [6.07, 6.45) is 0.320. The molecule has 1 aromatic rings. The normalized spacial score (nSPS) is 12.7. The number of benzene rings is 1. The van der Waals surface area contributed by atoms with Crippen molar-refractivity contribution in [3.8, 4) is 0 Å². The van der Waals surface area contributed by atoms with E-state index >= 15 is 0 Å². The number of rotatable bonds is 10. The summed E-state index contributed by atoms with van der Waals surface area (Å²) >= 11 is 11.5. The van der Waals surface area contributed by atoms with E-state index < -0.39 is 24.0 Å². The fraction of sp³-hybridized carbons (Fsp3) is 0.556. The van der Waals surface area contributed by atoms with Gasteiger partial charge in [0.2, 0.25) is 0 Å². The number of nitrogens with two attached hydrogens (primary N) is 2. The number of carbonyl (C=O) groups is 2. The Balaban J connectivity index is 0.000000713. The van der Waals surface area contributed by atoms with Crippen LogP contribution in [0.15, 0.2) is 24.3 Å². The van der Waals surface area contributed by atoms with Crippen molar-refractivity contribution in [3.05, 3.63) is 29.8 Å². The van der Waals surface area contributed by atoms with Gasteiger partial charge in [-0.05, 0) is 30.0 Å². The minimum absolute atomic E-state index is 0.0208. The van der Waals surface area contributed by atoms with Gasteiger partial charge in [-0.3, -0.25) is 9.59 Å². The van der Waals surface area contributed by atoms with Crippen LogP contribution >= 0.6 is 23.2 Å². The molecule has 0 aliphatic heterocycles. The Morgan fingerprint density at radius 2 is 1.48 bits per heavy atom. The summed E-state index contributed by atoms with van der Waals surface area (Å²) in [6, 6.07) is 6.05. The zero-order chi connectivity index (χ0) is 21.0. The highest BCUT2D eigenvalue weighted by molar-refractivity contribution is 6.18. The molecule has 0 aliphatic carbocycles. The molecule has 0 heterocycles. The highest BCUT2D eigenvalue weighted by Gasteiger charge is 2.14. The van der Waals surface area contributed by atoms with Crippen molar-refractivity contribution in [3.63, 3.8) is 0 Å². The highest BCUT2D eigenvalue weighted by atomic mass is 35.5. The minimum atomic E-state index is -0.991. The van der Waals surface area contributed by atoms with Crippen LogP contribution in [0.2, 0.25) is 0 Å². The van der Waals surface area contributed by atoms with Crippen LogP contribution in [0.25, 0.3) is 0 Å². The SMILES string of the molecule is CC(C)[C@H](N)C(=O)O.N[C@@H](Cc1ccc(N(CCCl)CCCl)cc1)C(=O)O. The van der Waals surface area contributed by atoms with E-state index in [1.807, 2.05) is 24.3 Å². The number of halogens is 2. The Bertz CT molecular complexity index is 564. The van der Waals surface area contributed by atoms with E-state index in [4.69, 9.17) is 44.9 Å². The number of carboxylic acids is 2. The van der Waals surface area contributed by atoms with E-state index in [0.717, 1.165) is 24.3 Å². The molecule has 0 bridgehead atoms. The number of anilines is 1. The molecule has 0 amide bonds. The van der Waals surface area contributed by atoms with E-state index in [-0.39, 0.29) is 5.92 Å². The Kier molecular flexibility index (Phi) is 12.8. The second kappa shape index (κ2) is 13.6. The molecular formula is C18H29Cl2N3O4. The van der Waals surface area contributed by atoms with Gasteiger partial charge in [-0.15, -0.1) is 23.2 Å². The molecule has 154 valence electrons. The lowest BCUT2D eigenvalue weighted by Gasteiger charge is -2.23. The quantitative estimate of drug-likeness (QED) is 0.424. The van der Waals surface area contributed by atoms with Gasteiger partial charge in [-0.1, -0.05) is 26.0 Å². The molecule has 0 fully saturated rings. The number of hydrogen-bond acceptors (Lipinski definition) is 5. The van der Waals surface area contributed by atoms with Crippen LogP contribution in [0.3, 0.4) is 0 Å². The second-order valence-corrected chi connectivity index (χ2v) is 7.04. The van der Waals surface area contributed by atoms with Crippen LogP contribution in [0, 0.1) is 5.92 Å². The van der Waals surface area contributed by atoms with Crippen molar-refractivity contribution in [2.75, 3.05) is 29.7 Å². The number of nitrogens with zero attached hydrogens (tertiary/aromatic N) is 1. The molecule has 0 unspecified atom stereocenters. The number of aliphatic carboxylic acids is 2. The largest absolute Gasteiger partial charge is 0.480 e. The maximum Gasteiger partial charge on any atom is 0.320 e. The topological polar surface area (TPSA) is 130 Å². The average molecular weight is 422 g/mol. The summed E-state index contributed by atoms with van der Waals surface area (Å²) in [7, 11) is 0. The molecule has 0 spiro atoms. The molecule has 0 saturated heterocycles. The average Bonchev–Trinajstić information content (AvgIpc) is 2.61. The molecule has 1 aromatic carbocycles. The standard InChI is InChI=1S/C13H18Cl2N2O2.C5H11NO2/c14-5-7-17(8-6-15)11-3-1-10(2-4-11)9-12(16)13(18)19;1-3(2)4(6)5(7)8/h1-4,12H,5-9,16H2,(H,18,19);3-4H,6H2,1-2H3,(H,7,8)/t12-;4-/m00/s1. The molecular weight excluding hydrogens is 393 g/mol. The fourth-order valence-electron chi connectivity index (χ4n) is 2.04. The van der Waals surface area contributed by atoms with Crippen molar-refractivity contribution in [2.24, 2.45) is 17.4 Å². The Morgan fingerprint density at radius 1 is 1.00 bits per heavy atom. The predicted octanol–water partition coefficient (Wildman–Crippen LogP) is 1.98. The second-order valence-electron chi connectivity index (χ2n) is 6.29. The lowest BCUT2D eigenvalue weighted by molar-refractivity contribution is -0.140. The monoisotopic (exact) mass is 421 g/mol. The van der Waals surface area contributed by atoms with E-state index in [1.54, 1.807) is 13.8 Å². The Morgan fingerprint density at radius 3 is 1.78 bits per heavy atom. The zero-order valence-electron chi connectivity index (χ0n) is 15.6. The van der Waals surface area contributed by atoms with E-state index in [0.29, 0.717) is 18.2 Å². The molecule has 0 radical (unpaired) electrons. The molecule has 6 N–H and O–H groups in total. The van der Waals surface area contributed by atoms with Gasteiger partial charge in [-0.25, -0.2) is 0 Å². The maximum atomic E-state index is 10.7. The first kappa shape index (κ1) is 25.5. The van der Waals surface area contributed by atoms with Gasteiger partial charge in [0, 0.05) is 30.5 Å². The Labute approximate surface area is 170 Å². The van der Waals surface area contributed by atoms with E-state index in [9.17, 15) is 9.59 Å². The van der Waals surface area contributed by atoms with Crippen molar-refractivity contribution in [1.82, 2.24) is 0 Å². The number of carboxylic acid groups (broad SMARTS) is 2. The van der Waals surface area contributed by atoms with Gasteiger partial charge in [0.1, 0.15) is 12.1 Å². The van der Waals surface area contributed by atoms with Gasteiger partial charge in [0.05, 0.1) is 0 Å². The van der Waals surface area contributed by atoms with Crippen LogP contribution in [0.5, 0.6) is 0 Å². The molecule has 9 heteroatoms. The third kappa shape index (κ3) is 10.4. The van der Waals surface area contributed by atoms with E-state index in [1.165, 1.54) is 0 Å². The van der Waals surface area contributed by atoms with Crippen molar-refractivity contribution in [1.29, 1.82) is 0 Å². The Hall–Kier alpha value is -1.54. The van der Waals surface area contributed by atoms with Gasteiger partial charge in [-0.2, -0.15) is 0 Å². The van der Waals surface area contributed by atoms with Gasteiger partial charge in [0.25, 0.3) is 0 Å². The summed E-state index contributed by atoms with van der Waals surface area (Å²) in [5.74, 6) is -0.840. The molecule has 0 aromatic heterocycles. The summed E-state index contributed by atoms with van der Waals surface area (Å²) in [5, 5.41) is 17.0. The highest BCUT2D eigenvalue weighted by Crippen LogP contribution is 2.16. The zero-order valence-corrected chi connectivity index (χ0v) is 17.2.